The third kappa shape index (κ3) is 2.84. The van der Waals surface area contributed by atoms with Crippen molar-refractivity contribution in [2.45, 2.75) is 39.2 Å². The summed E-state index contributed by atoms with van der Waals surface area (Å²) in [5.41, 5.74) is 8.20. The Labute approximate surface area is 103 Å². The van der Waals surface area contributed by atoms with Crippen LogP contribution in [0.25, 0.3) is 0 Å². The fourth-order valence-corrected chi connectivity index (χ4v) is 2.57. The van der Waals surface area contributed by atoms with E-state index < -0.39 is 0 Å². The van der Waals surface area contributed by atoms with Gasteiger partial charge in [0.1, 0.15) is 5.75 Å². The molecule has 3 nitrogen and oxygen atoms in total. The van der Waals surface area contributed by atoms with Gasteiger partial charge in [-0.1, -0.05) is 13.8 Å². The first-order valence-electron chi connectivity index (χ1n) is 6.20. The molecule has 94 valence electrons. The van der Waals surface area contributed by atoms with Gasteiger partial charge < -0.3 is 15.8 Å². The molecule has 0 amide bonds. The minimum atomic E-state index is 0.450. The largest absolute Gasteiger partial charge is 0.497 e. The zero-order valence-electron chi connectivity index (χ0n) is 10.9. The molecule has 1 saturated carbocycles. The number of benzene rings is 1. The lowest BCUT2D eigenvalue weighted by Gasteiger charge is -2.19. The Hall–Kier alpha value is -1.38. The average Bonchev–Trinajstić information content (AvgIpc) is 2.61. The zero-order valence-corrected chi connectivity index (χ0v) is 10.9. The van der Waals surface area contributed by atoms with Crippen LogP contribution >= 0.6 is 0 Å². The molecule has 1 fully saturated rings. The summed E-state index contributed by atoms with van der Waals surface area (Å²) in [7, 11) is 1.67. The van der Waals surface area contributed by atoms with Crippen molar-refractivity contribution in [2.24, 2.45) is 5.41 Å². The number of nitrogens with one attached hydrogen (secondary N) is 1. The standard InChI is InChI=1S/C14H22N2O/c1-14(2)7-6-10(9-14)16-13-8-11(17-3)4-5-12(13)15/h4-5,8,10,16H,6-7,9,15H2,1-3H3. The van der Waals surface area contributed by atoms with E-state index in [4.69, 9.17) is 10.5 Å². The molecule has 0 aromatic heterocycles. The number of hydrogen-bond acceptors (Lipinski definition) is 3. The molecular weight excluding hydrogens is 212 g/mol. The molecule has 0 radical (unpaired) electrons. The molecule has 0 spiro atoms. The smallest absolute Gasteiger partial charge is 0.121 e. The molecule has 0 aliphatic heterocycles. The van der Waals surface area contributed by atoms with Crippen LogP contribution < -0.4 is 15.8 Å². The summed E-state index contributed by atoms with van der Waals surface area (Å²) in [4.78, 5) is 0. The summed E-state index contributed by atoms with van der Waals surface area (Å²) in [5, 5.41) is 3.53. The van der Waals surface area contributed by atoms with Crippen LogP contribution in [0.1, 0.15) is 33.1 Å². The third-order valence-corrected chi connectivity index (χ3v) is 3.59. The minimum absolute atomic E-state index is 0.450. The minimum Gasteiger partial charge on any atom is -0.497 e. The first-order valence-corrected chi connectivity index (χ1v) is 6.20. The van der Waals surface area contributed by atoms with Gasteiger partial charge in [0.2, 0.25) is 0 Å². The van der Waals surface area contributed by atoms with Crippen molar-refractivity contribution in [1.82, 2.24) is 0 Å². The van der Waals surface area contributed by atoms with Crippen molar-refractivity contribution < 1.29 is 4.74 Å². The van der Waals surface area contributed by atoms with E-state index >= 15 is 0 Å². The summed E-state index contributed by atoms with van der Waals surface area (Å²) in [6, 6.07) is 6.28. The first-order chi connectivity index (χ1) is 8.00. The maximum atomic E-state index is 5.97. The summed E-state index contributed by atoms with van der Waals surface area (Å²) < 4.78 is 5.22. The van der Waals surface area contributed by atoms with Crippen LogP contribution in [-0.4, -0.2) is 13.2 Å². The highest BCUT2D eigenvalue weighted by Gasteiger charge is 2.30. The first kappa shape index (κ1) is 12.1. The second kappa shape index (κ2) is 4.47. The van der Waals surface area contributed by atoms with Crippen molar-refractivity contribution in [1.29, 1.82) is 0 Å². The lowest BCUT2D eigenvalue weighted by Crippen LogP contribution is -2.18. The van der Waals surface area contributed by atoms with Gasteiger partial charge in [0, 0.05) is 12.1 Å². The van der Waals surface area contributed by atoms with Crippen LogP contribution in [0.15, 0.2) is 18.2 Å². The van der Waals surface area contributed by atoms with Gasteiger partial charge >= 0.3 is 0 Å². The van der Waals surface area contributed by atoms with Crippen molar-refractivity contribution in [3.05, 3.63) is 18.2 Å². The quantitative estimate of drug-likeness (QED) is 0.789. The Kier molecular flexibility index (Phi) is 3.18. The van der Waals surface area contributed by atoms with E-state index in [-0.39, 0.29) is 0 Å². The molecule has 17 heavy (non-hydrogen) atoms. The van der Waals surface area contributed by atoms with Gasteiger partial charge in [-0.05, 0) is 36.8 Å². The molecule has 0 heterocycles. The normalized spacial score (nSPS) is 22.4. The summed E-state index contributed by atoms with van der Waals surface area (Å²) >= 11 is 0. The van der Waals surface area contributed by atoms with Crippen LogP contribution in [0.5, 0.6) is 5.75 Å². The van der Waals surface area contributed by atoms with Gasteiger partial charge in [0.15, 0.2) is 0 Å². The zero-order chi connectivity index (χ0) is 12.5. The van der Waals surface area contributed by atoms with Crippen LogP contribution in [0, 0.1) is 5.41 Å². The number of hydrogen-bond donors (Lipinski definition) is 2. The van der Waals surface area contributed by atoms with Crippen LogP contribution in [0.2, 0.25) is 0 Å². The van der Waals surface area contributed by atoms with Crippen molar-refractivity contribution in [2.75, 3.05) is 18.2 Å². The summed E-state index contributed by atoms with van der Waals surface area (Å²) in [5.74, 6) is 0.846. The molecule has 2 rings (SSSR count). The number of nitrogen functional groups attached to an aromatic ring is 1. The maximum absolute atomic E-state index is 5.97. The van der Waals surface area contributed by atoms with E-state index in [9.17, 15) is 0 Å². The maximum Gasteiger partial charge on any atom is 0.121 e. The van der Waals surface area contributed by atoms with Crippen LogP contribution in [0.4, 0.5) is 11.4 Å². The van der Waals surface area contributed by atoms with Crippen molar-refractivity contribution in [3.63, 3.8) is 0 Å². The van der Waals surface area contributed by atoms with E-state index in [1.165, 1.54) is 19.3 Å². The predicted molar refractivity (Wildman–Crippen MR) is 72.4 cm³/mol. The average molecular weight is 234 g/mol. The molecule has 1 aromatic rings. The molecule has 3 N–H and O–H groups in total. The predicted octanol–water partition coefficient (Wildman–Crippen LogP) is 3.27. The lowest BCUT2D eigenvalue weighted by atomic mass is 9.92. The van der Waals surface area contributed by atoms with Crippen molar-refractivity contribution in [3.8, 4) is 5.75 Å². The highest BCUT2D eigenvalue weighted by atomic mass is 16.5. The van der Waals surface area contributed by atoms with Gasteiger partial charge in [-0.2, -0.15) is 0 Å². The Morgan fingerprint density at radius 3 is 2.76 bits per heavy atom. The lowest BCUT2D eigenvalue weighted by molar-refractivity contribution is 0.378. The Bertz CT molecular complexity index is 401. The highest BCUT2D eigenvalue weighted by molar-refractivity contribution is 5.68. The fourth-order valence-electron chi connectivity index (χ4n) is 2.57. The van der Waals surface area contributed by atoms with E-state index in [2.05, 4.69) is 19.2 Å². The van der Waals surface area contributed by atoms with Gasteiger partial charge in [0.25, 0.3) is 0 Å². The molecule has 1 aromatic carbocycles. The highest BCUT2D eigenvalue weighted by Crippen LogP contribution is 2.39. The van der Waals surface area contributed by atoms with E-state index in [0.717, 1.165) is 17.1 Å². The van der Waals surface area contributed by atoms with Gasteiger partial charge in [0.05, 0.1) is 18.5 Å². The molecule has 1 aliphatic carbocycles. The Morgan fingerprint density at radius 1 is 1.41 bits per heavy atom. The van der Waals surface area contributed by atoms with Gasteiger partial charge in [-0.25, -0.2) is 0 Å². The topological polar surface area (TPSA) is 47.3 Å². The van der Waals surface area contributed by atoms with Crippen LogP contribution in [0.3, 0.4) is 0 Å². The number of rotatable bonds is 3. The molecule has 1 atom stereocenters. The molecule has 0 bridgehead atoms. The summed E-state index contributed by atoms with van der Waals surface area (Å²) in [6.07, 6.45) is 3.68. The SMILES string of the molecule is COc1ccc(N)c(NC2CCC(C)(C)C2)c1. The molecule has 0 saturated heterocycles. The van der Waals surface area contributed by atoms with Crippen molar-refractivity contribution >= 4 is 11.4 Å². The molecular formula is C14H22N2O. The van der Waals surface area contributed by atoms with E-state index in [1.807, 2.05) is 18.2 Å². The molecule has 3 heteroatoms. The number of methoxy groups -OCH3 is 1. The monoisotopic (exact) mass is 234 g/mol. The fraction of sp³-hybridized carbons (Fsp3) is 0.571. The Morgan fingerprint density at radius 2 is 2.18 bits per heavy atom. The third-order valence-electron chi connectivity index (χ3n) is 3.59. The van der Waals surface area contributed by atoms with Crippen LogP contribution in [-0.2, 0) is 0 Å². The second-order valence-corrected chi connectivity index (χ2v) is 5.70. The van der Waals surface area contributed by atoms with Gasteiger partial charge in [-0.3, -0.25) is 0 Å². The van der Waals surface area contributed by atoms with E-state index in [1.54, 1.807) is 7.11 Å². The number of anilines is 2. The Balaban J connectivity index is 2.08. The second-order valence-electron chi connectivity index (χ2n) is 5.70. The summed E-state index contributed by atoms with van der Waals surface area (Å²) in [6.45, 7) is 4.65. The molecule has 1 unspecified atom stereocenters. The number of ether oxygens (including phenoxy) is 1. The van der Waals surface area contributed by atoms with E-state index in [0.29, 0.717) is 11.5 Å². The van der Waals surface area contributed by atoms with Gasteiger partial charge in [-0.15, -0.1) is 0 Å². The number of nitrogens with two attached hydrogens (primary N) is 1. The molecule has 1 aliphatic rings.